The van der Waals surface area contributed by atoms with Crippen LogP contribution in [-0.2, 0) is 20.9 Å². The summed E-state index contributed by atoms with van der Waals surface area (Å²) in [4.78, 5) is 27.7. The largest absolute Gasteiger partial charge is 0.507 e. The molecule has 0 saturated carbocycles. The Bertz CT molecular complexity index is 1260. The SMILES string of the molecule is COCCCN1C(=O)C(=O)/C(=C(\O)c2ccc(C)c(C)c2)C1c1ccc(OCc2ccccc2)cc1. The van der Waals surface area contributed by atoms with Crippen molar-refractivity contribution in [3.8, 4) is 5.75 Å². The highest BCUT2D eigenvalue weighted by molar-refractivity contribution is 6.46. The Morgan fingerprint density at radius 1 is 0.944 bits per heavy atom. The Hall–Kier alpha value is -3.90. The van der Waals surface area contributed by atoms with Crippen molar-refractivity contribution in [1.29, 1.82) is 0 Å². The third-order valence-electron chi connectivity index (χ3n) is 6.51. The van der Waals surface area contributed by atoms with E-state index in [9.17, 15) is 14.7 Å². The standard InChI is InChI=1S/C30H31NO5/c1-20-10-11-24(18-21(20)2)28(32)26-27(31(16-7-17-35-3)30(34)29(26)33)23-12-14-25(15-13-23)36-19-22-8-5-4-6-9-22/h4-6,8-15,18,27,32H,7,16-17,19H2,1-3H3/b28-26-. The lowest BCUT2D eigenvalue weighted by atomic mass is 9.94. The predicted molar refractivity (Wildman–Crippen MR) is 139 cm³/mol. The number of ketones is 1. The zero-order valence-corrected chi connectivity index (χ0v) is 20.9. The van der Waals surface area contributed by atoms with E-state index in [1.165, 1.54) is 4.90 Å². The van der Waals surface area contributed by atoms with E-state index in [0.29, 0.717) is 37.5 Å². The molecule has 1 heterocycles. The van der Waals surface area contributed by atoms with E-state index < -0.39 is 17.7 Å². The summed E-state index contributed by atoms with van der Waals surface area (Å²) in [6.45, 7) is 5.15. The molecule has 4 rings (SSSR count). The number of methoxy groups -OCH3 is 1. The van der Waals surface area contributed by atoms with Crippen LogP contribution < -0.4 is 4.74 Å². The summed E-state index contributed by atoms with van der Waals surface area (Å²) in [5.74, 6) is -0.795. The minimum atomic E-state index is -0.702. The van der Waals surface area contributed by atoms with Gasteiger partial charge in [0.25, 0.3) is 11.7 Å². The first kappa shape index (κ1) is 25.2. The first-order valence-corrected chi connectivity index (χ1v) is 12.0. The molecule has 1 unspecified atom stereocenters. The summed E-state index contributed by atoms with van der Waals surface area (Å²) in [5.41, 5.74) is 4.46. The molecule has 0 spiro atoms. The van der Waals surface area contributed by atoms with Crippen molar-refractivity contribution < 1.29 is 24.2 Å². The zero-order chi connectivity index (χ0) is 25.7. The monoisotopic (exact) mass is 485 g/mol. The molecule has 0 radical (unpaired) electrons. The number of likely N-dealkylation sites (tertiary alicyclic amines) is 1. The lowest BCUT2D eigenvalue weighted by molar-refractivity contribution is -0.140. The van der Waals surface area contributed by atoms with Gasteiger partial charge in [-0.3, -0.25) is 9.59 Å². The maximum absolute atomic E-state index is 13.2. The van der Waals surface area contributed by atoms with Gasteiger partial charge in [-0.05, 0) is 60.7 Å². The summed E-state index contributed by atoms with van der Waals surface area (Å²) in [6.07, 6.45) is 0.571. The number of nitrogens with zero attached hydrogens (tertiary/aromatic N) is 1. The molecule has 0 bridgehead atoms. The second kappa shape index (κ2) is 11.2. The number of hydrogen-bond acceptors (Lipinski definition) is 5. The molecule has 3 aromatic carbocycles. The number of benzene rings is 3. The Morgan fingerprint density at radius 3 is 2.33 bits per heavy atom. The van der Waals surface area contributed by atoms with Crippen LogP contribution in [0.1, 0.15) is 40.3 Å². The quantitative estimate of drug-likeness (QED) is 0.192. The van der Waals surface area contributed by atoms with Gasteiger partial charge in [0.05, 0.1) is 11.6 Å². The maximum Gasteiger partial charge on any atom is 0.295 e. The van der Waals surface area contributed by atoms with Crippen LogP contribution in [-0.4, -0.2) is 42.0 Å². The number of aliphatic hydroxyl groups is 1. The number of hydrogen-bond donors (Lipinski definition) is 1. The summed E-state index contributed by atoms with van der Waals surface area (Å²) in [5, 5.41) is 11.2. The Labute approximate surface area is 211 Å². The van der Waals surface area contributed by atoms with Gasteiger partial charge in [-0.2, -0.15) is 0 Å². The van der Waals surface area contributed by atoms with E-state index in [1.807, 2.05) is 80.6 Å². The van der Waals surface area contributed by atoms with Crippen molar-refractivity contribution in [1.82, 2.24) is 4.90 Å². The minimum absolute atomic E-state index is 0.0959. The molecule has 0 aliphatic carbocycles. The number of aryl methyl sites for hydroxylation is 2. The molecule has 1 fully saturated rings. The van der Waals surface area contributed by atoms with Crippen molar-refractivity contribution in [2.75, 3.05) is 20.3 Å². The maximum atomic E-state index is 13.2. The smallest absolute Gasteiger partial charge is 0.295 e. The Morgan fingerprint density at radius 2 is 1.67 bits per heavy atom. The zero-order valence-electron chi connectivity index (χ0n) is 20.9. The molecule has 1 aliphatic rings. The van der Waals surface area contributed by atoms with Gasteiger partial charge >= 0.3 is 0 Å². The molecular formula is C30H31NO5. The molecule has 6 heteroatoms. The van der Waals surface area contributed by atoms with Gasteiger partial charge < -0.3 is 19.5 Å². The average molecular weight is 486 g/mol. The molecule has 1 atom stereocenters. The molecule has 1 saturated heterocycles. The second-order valence-corrected chi connectivity index (χ2v) is 8.98. The first-order valence-electron chi connectivity index (χ1n) is 12.0. The van der Waals surface area contributed by atoms with E-state index >= 15 is 0 Å². The predicted octanol–water partition coefficient (Wildman–Crippen LogP) is 5.34. The van der Waals surface area contributed by atoms with Gasteiger partial charge in [-0.15, -0.1) is 0 Å². The lowest BCUT2D eigenvalue weighted by Gasteiger charge is -2.25. The summed E-state index contributed by atoms with van der Waals surface area (Å²) < 4.78 is 11.1. The molecule has 6 nitrogen and oxygen atoms in total. The Kier molecular flexibility index (Phi) is 7.86. The topological polar surface area (TPSA) is 76.1 Å². The molecule has 1 aliphatic heterocycles. The molecular weight excluding hydrogens is 454 g/mol. The molecule has 1 N–H and O–H groups in total. The van der Waals surface area contributed by atoms with Crippen molar-refractivity contribution in [3.05, 3.63) is 106 Å². The van der Waals surface area contributed by atoms with E-state index in [0.717, 1.165) is 22.3 Å². The van der Waals surface area contributed by atoms with Crippen LogP contribution in [0.15, 0.2) is 78.4 Å². The van der Waals surface area contributed by atoms with Crippen molar-refractivity contribution in [2.24, 2.45) is 0 Å². The molecule has 1 amide bonds. The summed E-state index contributed by atoms with van der Waals surface area (Å²) in [7, 11) is 1.60. The van der Waals surface area contributed by atoms with E-state index in [4.69, 9.17) is 9.47 Å². The molecule has 3 aromatic rings. The van der Waals surface area contributed by atoms with Crippen LogP contribution in [0.5, 0.6) is 5.75 Å². The summed E-state index contributed by atoms with van der Waals surface area (Å²) in [6, 6.07) is 22.0. The third-order valence-corrected chi connectivity index (χ3v) is 6.51. The van der Waals surface area contributed by atoms with Gasteiger partial charge in [-0.1, -0.05) is 54.6 Å². The number of carbonyl (C=O) groups excluding carboxylic acids is 2. The highest BCUT2D eigenvalue weighted by Gasteiger charge is 2.45. The van der Waals surface area contributed by atoms with Crippen molar-refractivity contribution >= 4 is 17.4 Å². The number of ether oxygens (including phenoxy) is 2. The van der Waals surface area contributed by atoms with Crippen LogP contribution in [0.25, 0.3) is 5.76 Å². The first-order chi connectivity index (χ1) is 17.4. The number of amides is 1. The molecule has 186 valence electrons. The highest BCUT2D eigenvalue weighted by atomic mass is 16.5. The highest BCUT2D eigenvalue weighted by Crippen LogP contribution is 2.40. The fraction of sp³-hybridized carbons (Fsp3) is 0.267. The second-order valence-electron chi connectivity index (χ2n) is 8.98. The normalized spacial score (nSPS) is 17.0. The fourth-order valence-electron chi connectivity index (χ4n) is 4.37. The molecule has 0 aromatic heterocycles. The van der Waals surface area contributed by atoms with Crippen LogP contribution in [0.3, 0.4) is 0 Å². The van der Waals surface area contributed by atoms with E-state index in [2.05, 4.69) is 0 Å². The number of aliphatic hydroxyl groups excluding tert-OH is 1. The van der Waals surface area contributed by atoms with Crippen molar-refractivity contribution in [3.63, 3.8) is 0 Å². The van der Waals surface area contributed by atoms with Crippen LogP contribution in [0, 0.1) is 13.8 Å². The van der Waals surface area contributed by atoms with E-state index in [-0.39, 0.29) is 11.3 Å². The number of carbonyl (C=O) groups is 2. The van der Waals surface area contributed by atoms with Gasteiger partial charge in [0.2, 0.25) is 0 Å². The number of rotatable bonds is 9. The Balaban J connectivity index is 1.68. The third kappa shape index (κ3) is 5.34. The lowest BCUT2D eigenvalue weighted by Crippen LogP contribution is -2.31. The molecule has 36 heavy (non-hydrogen) atoms. The van der Waals surface area contributed by atoms with Gasteiger partial charge in [0.15, 0.2) is 0 Å². The number of Topliss-reactive ketones (excluding diaryl/α,β-unsaturated/α-hetero) is 1. The van der Waals surface area contributed by atoms with Crippen LogP contribution in [0.4, 0.5) is 0 Å². The minimum Gasteiger partial charge on any atom is -0.507 e. The summed E-state index contributed by atoms with van der Waals surface area (Å²) >= 11 is 0. The van der Waals surface area contributed by atoms with Gasteiger partial charge in [-0.25, -0.2) is 0 Å². The van der Waals surface area contributed by atoms with Crippen LogP contribution in [0.2, 0.25) is 0 Å². The van der Waals surface area contributed by atoms with Gasteiger partial charge in [0.1, 0.15) is 18.1 Å². The fourth-order valence-corrected chi connectivity index (χ4v) is 4.37. The van der Waals surface area contributed by atoms with Crippen molar-refractivity contribution in [2.45, 2.75) is 32.9 Å². The van der Waals surface area contributed by atoms with Crippen LogP contribution >= 0.6 is 0 Å². The average Bonchev–Trinajstić information content (AvgIpc) is 3.15. The van der Waals surface area contributed by atoms with Gasteiger partial charge in [0, 0.05) is 25.8 Å². The van der Waals surface area contributed by atoms with E-state index in [1.54, 1.807) is 13.2 Å².